The van der Waals surface area contributed by atoms with Crippen molar-refractivity contribution < 1.29 is 4.42 Å². The van der Waals surface area contributed by atoms with Crippen molar-refractivity contribution in [2.75, 3.05) is 0 Å². The number of hydrogen-bond acceptors (Lipinski definition) is 5. The molecule has 1 rings (SSSR count). The molecular formula is C2O3S2. The highest BCUT2D eigenvalue weighted by Gasteiger charge is 1.88. The molecule has 0 unspecified atom stereocenters. The van der Waals surface area contributed by atoms with Gasteiger partial charge in [-0.3, -0.25) is 0 Å². The molecule has 5 heteroatoms. The topological polar surface area (TPSA) is 47.3 Å². The van der Waals surface area contributed by atoms with E-state index in [1.165, 1.54) is 0 Å². The lowest BCUT2D eigenvalue weighted by molar-refractivity contribution is 0.511. The van der Waals surface area contributed by atoms with E-state index in [1.54, 1.807) is 0 Å². The average Bonchev–Trinajstić information content (AvgIpc) is 1.87. The summed E-state index contributed by atoms with van der Waals surface area (Å²) in [7, 11) is 1.62. The summed E-state index contributed by atoms with van der Waals surface area (Å²) >= 11 is 0. The summed E-state index contributed by atoms with van der Waals surface area (Å²) in [5.74, 6) is 0. The Balaban J connectivity index is 3.59. The normalized spacial score (nSPS) is 9.14. The van der Waals surface area contributed by atoms with E-state index in [-0.39, 0.29) is 0 Å². The van der Waals surface area contributed by atoms with Gasteiger partial charge < -0.3 is 4.42 Å². The summed E-state index contributed by atoms with van der Waals surface area (Å²) in [6, 6.07) is 0. The van der Waals surface area contributed by atoms with Gasteiger partial charge >= 0.3 is 9.88 Å². The minimum absolute atomic E-state index is 0.519. The highest BCUT2D eigenvalue weighted by atomic mass is 32.9. The van der Waals surface area contributed by atoms with Crippen LogP contribution in [-0.2, 0) is 0 Å². The fourth-order valence-corrected chi connectivity index (χ4v) is 1.19. The highest BCUT2D eigenvalue weighted by Crippen LogP contribution is 1.86. The first-order valence-electron chi connectivity index (χ1n) is 1.39. The Kier molecular flexibility index (Phi) is 1.07. The molecule has 0 aromatic carbocycles. The van der Waals surface area contributed by atoms with E-state index < -0.39 is 9.88 Å². The molecule has 3 nitrogen and oxygen atoms in total. The first-order chi connectivity index (χ1) is 3.29. The summed E-state index contributed by atoms with van der Waals surface area (Å²) in [5, 5.41) is 0. The molecule has 38 valence electrons. The van der Waals surface area contributed by atoms with Crippen molar-refractivity contribution >= 4 is 20.7 Å². The van der Waals surface area contributed by atoms with Crippen molar-refractivity contribution in [2.24, 2.45) is 0 Å². The minimum atomic E-state index is -0.519. The largest absolute Gasteiger partial charge is 0.408 e. The highest BCUT2D eigenvalue weighted by molar-refractivity contribution is 7.67. The zero-order valence-electron chi connectivity index (χ0n) is 3.04. The van der Waals surface area contributed by atoms with E-state index in [0.29, 0.717) is 0 Å². The Morgan fingerprint density at radius 1 is 1.14 bits per heavy atom. The maximum atomic E-state index is 9.95. The maximum Gasteiger partial charge on any atom is 0.408 e. The summed E-state index contributed by atoms with van der Waals surface area (Å²) in [4.78, 5) is 18.9. The molecule has 0 aliphatic rings. The van der Waals surface area contributed by atoms with E-state index >= 15 is 0 Å². The molecule has 1 aromatic rings. The number of rotatable bonds is 0. The van der Waals surface area contributed by atoms with Gasteiger partial charge in [0.1, 0.15) is 0 Å². The summed E-state index contributed by atoms with van der Waals surface area (Å²) in [6.45, 7) is 0. The van der Waals surface area contributed by atoms with E-state index in [1.807, 2.05) is 0 Å². The van der Waals surface area contributed by atoms with Crippen molar-refractivity contribution in [2.45, 2.75) is 0 Å². The van der Waals surface area contributed by atoms with Gasteiger partial charge in [-0.25, -0.2) is 9.59 Å². The minimum Gasteiger partial charge on any atom is -0.369 e. The van der Waals surface area contributed by atoms with Crippen LogP contribution < -0.4 is 9.88 Å². The van der Waals surface area contributed by atoms with Crippen LogP contribution in [0.5, 0.6) is 0 Å². The lowest BCUT2D eigenvalue weighted by Crippen LogP contribution is -1.90. The second-order valence-electron chi connectivity index (χ2n) is 0.769. The average molecular weight is 136 g/mol. The molecule has 7 heavy (non-hydrogen) atoms. The van der Waals surface area contributed by atoms with Gasteiger partial charge in [0.25, 0.3) is 0 Å². The molecule has 1 heterocycles. The summed E-state index contributed by atoms with van der Waals surface area (Å²) in [5.41, 5.74) is 0. The molecule has 0 atom stereocenters. The van der Waals surface area contributed by atoms with Crippen LogP contribution in [0.2, 0.25) is 0 Å². The molecule has 0 saturated heterocycles. The quantitative estimate of drug-likeness (QED) is 0.476. The van der Waals surface area contributed by atoms with E-state index in [9.17, 15) is 9.59 Å². The van der Waals surface area contributed by atoms with Crippen LogP contribution in [0.25, 0.3) is 0 Å². The van der Waals surface area contributed by atoms with Crippen LogP contribution in [-0.4, -0.2) is 0 Å². The zero-order valence-corrected chi connectivity index (χ0v) is 4.67. The molecule has 0 radical (unpaired) electrons. The summed E-state index contributed by atoms with van der Waals surface area (Å²) < 4.78 is 4.01. The van der Waals surface area contributed by atoms with Crippen molar-refractivity contribution in [1.82, 2.24) is 0 Å². The molecule has 1 aromatic heterocycles. The standard InChI is InChI=1S/C2O3S2/c3-1-5-2(4)7-6-1. The van der Waals surface area contributed by atoms with Crippen molar-refractivity contribution in [3.8, 4) is 0 Å². The van der Waals surface area contributed by atoms with Crippen LogP contribution in [0, 0.1) is 0 Å². The molecule has 0 saturated carbocycles. The lowest BCUT2D eigenvalue weighted by atomic mass is 11.6. The van der Waals surface area contributed by atoms with Gasteiger partial charge in [-0.05, 0) is 0 Å². The molecule has 0 fully saturated rings. The first kappa shape index (κ1) is 4.73. The second kappa shape index (κ2) is 1.59. The van der Waals surface area contributed by atoms with Gasteiger partial charge in [-0.15, -0.1) is 0 Å². The second-order valence-corrected chi connectivity index (χ2v) is 2.77. The van der Waals surface area contributed by atoms with E-state index in [2.05, 4.69) is 4.42 Å². The third-order valence-electron chi connectivity index (χ3n) is 0.344. The van der Waals surface area contributed by atoms with Crippen LogP contribution in [0.15, 0.2) is 14.0 Å². The Hall–Kier alpha value is -0.420. The predicted octanol–water partition coefficient (Wildman–Crippen LogP) is 0.123. The van der Waals surface area contributed by atoms with Crippen LogP contribution >= 0.6 is 20.7 Å². The molecule has 0 aliphatic heterocycles. The van der Waals surface area contributed by atoms with Crippen LogP contribution in [0.4, 0.5) is 0 Å². The van der Waals surface area contributed by atoms with Crippen molar-refractivity contribution in [3.05, 3.63) is 19.5 Å². The maximum absolute atomic E-state index is 9.95. The van der Waals surface area contributed by atoms with Crippen molar-refractivity contribution in [3.63, 3.8) is 0 Å². The Morgan fingerprint density at radius 2 is 1.57 bits per heavy atom. The molecule has 0 bridgehead atoms. The van der Waals surface area contributed by atoms with Gasteiger partial charge in [0.15, 0.2) is 0 Å². The number of hydrogen-bond donors (Lipinski definition) is 0. The molecular weight excluding hydrogens is 136 g/mol. The fraction of sp³-hybridized carbons (Fsp3) is 0. The fourth-order valence-electron chi connectivity index (χ4n) is 0.170. The zero-order chi connectivity index (χ0) is 5.28. The van der Waals surface area contributed by atoms with Crippen LogP contribution in [0.1, 0.15) is 0 Å². The molecule has 0 aliphatic carbocycles. The van der Waals surface area contributed by atoms with E-state index in [4.69, 9.17) is 0 Å². The Bertz CT molecular complexity index is 215. The third kappa shape index (κ3) is 0.971. The smallest absolute Gasteiger partial charge is 0.369 e. The Labute approximate surface area is 45.2 Å². The SMILES string of the molecule is O=c1oc(=O)ss1. The monoisotopic (exact) mass is 136 g/mol. The lowest BCUT2D eigenvalue weighted by Gasteiger charge is -1.48. The van der Waals surface area contributed by atoms with Crippen LogP contribution in [0.3, 0.4) is 0 Å². The summed E-state index contributed by atoms with van der Waals surface area (Å²) in [6.07, 6.45) is 0. The van der Waals surface area contributed by atoms with Gasteiger partial charge in [0, 0.05) is 20.7 Å². The third-order valence-corrected chi connectivity index (χ3v) is 1.93. The van der Waals surface area contributed by atoms with Gasteiger partial charge in [-0.1, -0.05) is 0 Å². The van der Waals surface area contributed by atoms with E-state index in [0.717, 1.165) is 20.7 Å². The predicted molar refractivity (Wildman–Crippen MR) is 27.0 cm³/mol. The first-order valence-corrected chi connectivity index (χ1v) is 3.54. The molecule has 0 amide bonds. The van der Waals surface area contributed by atoms with Crippen molar-refractivity contribution in [1.29, 1.82) is 0 Å². The van der Waals surface area contributed by atoms with Gasteiger partial charge in [-0.2, -0.15) is 0 Å². The van der Waals surface area contributed by atoms with Gasteiger partial charge in [0.2, 0.25) is 0 Å². The Morgan fingerprint density at radius 3 is 1.71 bits per heavy atom. The molecule has 0 N–H and O–H groups in total. The van der Waals surface area contributed by atoms with Gasteiger partial charge in [0.05, 0.1) is 0 Å². The molecule has 0 spiro atoms.